The summed E-state index contributed by atoms with van der Waals surface area (Å²) in [6.45, 7) is 1.83. The monoisotopic (exact) mass is 322 g/mol. The lowest BCUT2D eigenvalue weighted by atomic mass is 10.2. The van der Waals surface area contributed by atoms with Crippen LogP contribution in [0.2, 0.25) is 0 Å². The molecule has 0 radical (unpaired) electrons. The fraction of sp³-hybridized carbons (Fsp3) is 0.389. The van der Waals surface area contributed by atoms with Gasteiger partial charge in [-0.05, 0) is 18.6 Å². The summed E-state index contributed by atoms with van der Waals surface area (Å²) in [6.07, 6.45) is 2.65. The van der Waals surface area contributed by atoms with Crippen molar-refractivity contribution < 1.29 is 0 Å². The molecule has 0 N–H and O–H groups in total. The van der Waals surface area contributed by atoms with Gasteiger partial charge in [-0.3, -0.25) is 0 Å². The SMILES string of the molecule is CN(C)c1cc(N(C)C2CCN(c3ccccc3C#N)C2)ncn1. The summed E-state index contributed by atoms with van der Waals surface area (Å²) in [5, 5.41) is 9.31. The second-order valence-electron chi connectivity index (χ2n) is 6.26. The summed E-state index contributed by atoms with van der Waals surface area (Å²) < 4.78 is 0. The van der Waals surface area contributed by atoms with Crippen LogP contribution in [-0.4, -0.2) is 50.2 Å². The van der Waals surface area contributed by atoms with Gasteiger partial charge in [0.25, 0.3) is 0 Å². The number of nitrogens with zero attached hydrogens (tertiary/aromatic N) is 6. The third kappa shape index (κ3) is 3.11. The smallest absolute Gasteiger partial charge is 0.134 e. The highest BCUT2D eigenvalue weighted by molar-refractivity contribution is 5.60. The first-order chi connectivity index (χ1) is 11.6. The molecule has 3 rings (SSSR count). The molecule has 6 nitrogen and oxygen atoms in total. The lowest BCUT2D eigenvalue weighted by Gasteiger charge is -2.27. The van der Waals surface area contributed by atoms with Crippen LogP contribution in [0.3, 0.4) is 0 Å². The molecular formula is C18H22N6. The van der Waals surface area contributed by atoms with E-state index in [2.05, 4.69) is 32.9 Å². The quantitative estimate of drug-likeness (QED) is 0.859. The maximum absolute atomic E-state index is 9.31. The van der Waals surface area contributed by atoms with E-state index in [9.17, 15) is 5.26 Å². The van der Waals surface area contributed by atoms with Crippen LogP contribution in [0.4, 0.5) is 17.3 Å². The standard InChI is InChI=1S/C18H22N6/c1-22(2)17-10-18(21-13-20-17)23(3)15-8-9-24(12-15)16-7-5-4-6-14(16)11-19/h4-7,10,13,15H,8-9,12H2,1-3H3. The molecule has 124 valence electrons. The number of para-hydroxylation sites is 1. The molecule has 1 aromatic carbocycles. The molecule has 1 unspecified atom stereocenters. The fourth-order valence-corrected chi connectivity index (χ4v) is 3.08. The molecule has 2 heterocycles. The average Bonchev–Trinajstić information content (AvgIpc) is 3.11. The van der Waals surface area contributed by atoms with E-state index < -0.39 is 0 Å². The minimum atomic E-state index is 0.363. The van der Waals surface area contributed by atoms with Crippen molar-refractivity contribution in [3.05, 3.63) is 42.2 Å². The van der Waals surface area contributed by atoms with Crippen molar-refractivity contribution in [3.8, 4) is 6.07 Å². The van der Waals surface area contributed by atoms with Gasteiger partial charge in [0.1, 0.15) is 24.0 Å². The highest BCUT2D eigenvalue weighted by atomic mass is 15.3. The van der Waals surface area contributed by atoms with E-state index in [1.54, 1.807) is 6.33 Å². The molecule has 6 heteroatoms. The third-order valence-corrected chi connectivity index (χ3v) is 4.53. The minimum Gasteiger partial charge on any atom is -0.368 e. The molecule has 0 spiro atoms. The van der Waals surface area contributed by atoms with Crippen LogP contribution >= 0.6 is 0 Å². The van der Waals surface area contributed by atoms with Gasteiger partial charge in [0.2, 0.25) is 0 Å². The molecule has 0 amide bonds. The first-order valence-corrected chi connectivity index (χ1v) is 8.06. The molecule has 1 aliphatic rings. The van der Waals surface area contributed by atoms with Crippen molar-refractivity contribution in [2.75, 3.05) is 48.9 Å². The minimum absolute atomic E-state index is 0.363. The Balaban J connectivity index is 1.76. The Kier molecular flexibility index (Phi) is 4.52. The van der Waals surface area contributed by atoms with E-state index in [1.807, 2.05) is 49.3 Å². The van der Waals surface area contributed by atoms with Crippen molar-refractivity contribution in [3.63, 3.8) is 0 Å². The summed E-state index contributed by atoms with van der Waals surface area (Å²) >= 11 is 0. The molecular weight excluding hydrogens is 300 g/mol. The number of likely N-dealkylation sites (N-methyl/N-ethyl adjacent to an activating group) is 1. The highest BCUT2D eigenvalue weighted by Gasteiger charge is 2.28. The van der Waals surface area contributed by atoms with Crippen LogP contribution in [0.25, 0.3) is 0 Å². The van der Waals surface area contributed by atoms with E-state index in [4.69, 9.17) is 0 Å². The molecule has 24 heavy (non-hydrogen) atoms. The van der Waals surface area contributed by atoms with Crippen molar-refractivity contribution in [1.82, 2.24) is 9.97 Å². The fourth-order valence-electron chi connectivity index (χ4n) is 3.08. The summed E-state index contributed by atoms with van der Waals surface area (Å²) in [5.74, 6) is 1.82. The molecule has 0 bridgehead atoms. The topological polar surface area (TPSA) is 59.3 Å². The van der Waals surface area contributed by atoms with Crippen molar-refractivity contribution >= 4 is 17.3 Å². The first kappa shape index (κ1) is 16.1. The van der Waals surface area contributed by atoms with E-state index >= 15 is 0 Å². The normalized spacial score (nSPS) is 16.8. The van der Waals surface area contributed by atoms with Crippen molar-refractivity contribution in [2.24, 2.45) is 0 Å². The Morgan fingerprint density at radius 2 is 1.92 bits per heavy atom. The number of nitriles is 1. The Morgan fingerprint density at radius 3 is 2.67 bits per heavy atom. The van der Waals surface area contributed by atoms with Gasteiger partial charge >= 0.3 is 0 Å². The van der Waals surface area contributed by atoms with Crippen LogP contribution in [-0.2, 0) is 0 Å². The number of anilines is 3. The molecule has 0 saturated carbocycles. The van der Waals surface area contributed by atoms with Gasteiger partial charge in [0, 0.05) is 46.3 Å². The zero-order valence-corrected chi connectivity index (χ0v) is 14.3. The zero-order chi connectivity index (χ0) is 17.1. The average molecular weight is 322 g/mol. The molecule has 1 fully saturated rings. The van der Waals surface area contributed by atoms with Crippen LogP contribution < -0.4 is 14.7 Å². The molecule has 1 aromatic heterocycles. The Labute approximate surface area is 143 Å². The van der Waals surface area contributed by atoms with E-state index in [-0.39, 0.29) is 0 Å². The number of benzene rings is 1. The van der Waals surface area contributed by atoms with E-state index in [0.717, 1.165) is 42.4 Å². The summed E-state index contributed by atoms with van der Waals surface area (Å²) in [7, 11) is 6.02. The number of hydrogen-bond acceptors (Lipinski definition) is 6. The number of rotatable bonds is 4. The third-order valence-electron chi connectivity index (χ3n) is 4.53. The lowest BCUT2D eigenvalue weighted by molar-refractivity contribution is 0.683. The van der Waals surface area contributed by atoms with Gasteiger partial charge in [-0.2, -0.15) is 5.26 Å². The van der Waals surface area contributed by atoms with Crippen LogP contribution in [0.15, 0.2) is 36.7 Å². The maximum Gasteiger partial charge on any atom is 0.134 e. The molecule has 1 atom stereocenters. The van der Waals surface area contributed by atoms with Gasteiger partial charge in [0.05, 0.1) is 11.3 Å². The van der Waals surface area contributed by atoms with Gasteiger partial charge < -0.3 is 14.7 Å². The van der Waals surface area contributed by atoms with E-state index in [1.165, 1.54) is 0 Å². The van der Waals surface area contributed by atoms with Crippen LogP contribution in [0, 0.1) is 11.3 Å². The molecule has 1 aliphatic heterocycles. The van der Waals surface area contributed by atoms with Crippen molar-refractivity contribution in [1.29, 1.82) is 5.26 Å². The second-order valence-corrected chi connectivity index (χ2v) is 6.26. The van der Waals surface area contributed by atoms with Crippen LogP contribution in [0.1, 0.15) is 12.0 Å². The van der Waals surface area contributed by atoms with Gasteiger partial charge in [0.15, 0.2) is 0 Å². The highest BCUT2D eigenvalue weighted by Crippen LogP contribution is 2.27. The Bertz CT molecular complexity index is 751. The second kappa shape index (κ2) is 6.75. The molecule has 1 saturated heterocycles. The summed E-state index contributed by atoms with van der Waals surface area (Å²) in [5.41, 5.74) is 1.75. The Hall–Kier alpha value is -2.81. The van der Waals surface area contributed by atoms with E-state index in [0.29, 0.717) is 6.04 Å². The van der Waals surface area contributed by atoms with Gasteiger partial charge in [-0.1, -0.05) is 12.1 Å². The summed E-state index contributed by atoms with van der Waals surface area (Å²) in [6, 6.07) is 12.4. The zero-order valence-electron chi connectivity index (χ0n) is 14.3. The van der Waals surface area contributed by atoms with Crippen LogP contribution in [0.5, 0.6) is 0 Å². The van der Waals surface area contributed by atoms with Gasteiger partial charge in [-0.15, -0.1) is 0 Å². The maximum atomic E-state index is 9.31. The molecule has 0 aliphatic carbocycles. The largest absolute Gasteiger partial charge is 0.368 e. The number of aromatic nitrogens is 2. The first-order valence-electron chi connectivity index (χ1n) is 8.06. The molecule has 2 aromatic rings. The van der Waals surface area contributed by atoms with Crippen molar-refractivity contribution in [2.45, 2.75) is 12.5 Å². The lowest BCUT2D eigenvalue weighted by Crippen LogP contribution is -2.35. The predicted octanol–water partition coefficient (Wildman–Crippen LogP) is 2.13. The van der Waals surface area contributed by atoms with Gasteiger partial charge in [-0.25, -0.2) is 9.97 Å². The Morgan fingerprint density at radius 1 is 1.17 bits per heavy atom. The summed E-state index contributed by atoms with van der Waals surface area (Å²) in [4.78, 5) is 15.2. The number of hydrogen-bond donors (Lipinski definition) is 0. The predicted molar refractivity (Wildman–Crippen MR) is 96.5 cm³/mol.